The van der Waals surface area contributed by atoms with Crippen LogP contribution < -0.4 is 10.6 Å². The molecule has 3 heterocycles. The lowest BCUT2D eigenvalue weighted by Gasteiger charge is -2.36. The minimum atomic E-state index is -0.736. The summed E-state index contributed by atoms with van der Waals surface area (Å²) in [5.74, 6) is -0.850. The van der Waals surface area contributed by atoms with Crippen LogP contribution in [0.2, 0.25) is 10.3 Å². The monoisotopic (exact) mass is 566 g/mol. The summed E-state index contributed by atoms with van der Waals surface area (Å²) >= 11 is 13.8. The van der Waals surface area contributed by atoms with E-state index in [1.54, 1.807) is 11.0 Å². The van der Waals surface area contributed by atoms with E-state index >= 15 is 4.39 Å². The van der Waals surface area contributed by atoms with E-state index in [1.807, 2.05) is 25.7 Å². The summed E-state index contributed by atoms with van der Waals surface area (Å²) in [7, 11) is 0. The third-order valence-corrected chi connectivity index (χ3v) is 7.21. The molecule has 2 N–H and O–H groups in total. The van der Waals surface area contributed by atoms with Crippen molar-refractivity contribution in [1.82, 2.24) is 19.9 Å². The van der Waals surface area contributed by atoms with Crippen molar-refractivity contribution in [2.75, 3.05) is 36.8 Å². The Morgan fingerprint density at radius 3 is 2.46 bits per heavy atom. The molecule has 194 valence electrons. The normalized spacial score (nSPS) is 14.6. The number of piperazine rings is 1. The predicted octanol–water partition coefficient (Wildman–Crippen LogP) is 6.13. The van der Waals surface area contributed by atoms with Crippen molar-refractivity contribution in [1.29, 1.82) is 0 Å². The third kappa shape index (κ3) is 4.83. The molecule has 0 bridgehead atoms. The highest BCUT2D eigenvalue weighted by Gasteiger charge is 2.29. The Labute approximate surface area is 225 Å². The molecule has 0 unspecified atom stereocenters. The van der Waals surface area contributed by atoms with Gasteiger partial charge in [0.1, 0.15) is 22.8 Å². The maximum Gasteiger partial charge on any atom is 0.410 e. The second-order valence-electron chi connectivity index (χ2n) is 9.54. The number of hydrogen-bond donors (Lipinski definition) is 1. The molecular formula is C24H22Cl2F2N6O2S. The third-order valence-electron chi connectivity index (χ3n) is 5.85. The number of nitrogen functional groups attached to an aromatic ring is 1. The molecule has 1 fully saturated rings. The smallest absolute Gasteiger partial charge is 0.410 e. The highest BCUT2D eigenvalue weighted by atomic mass is 35.5. The van der Waals surface area contributed by atoms with Crippen LogP contribution in [0.15, 0.2) is 18.2 Å². The predicted molar refractivity (Wildman–Crippen MR) is 143 cm³/mol. The van der Waals surface area contributed by atoms with Crippen molar-refractivity contribution in [3.05, 3.63) is 40.1 Å². The lowest BCUT2D eigenvalue weighted by atomic mass is 10.0. The number of carbonyl (C=O) groups excluding carboxylic acids is 1. The highest BCUT2D eigenvalue weighted by Crippen LogP contribution is 2.42. The molecule has 2 aromatic heterocycles. The van der Waals surface area contributed by atoms with Gasteiger partial charge in [-0.2, -0.15) is 4.98 Å². The van der Waals surface area contributed by atoms with Gasteiger partial charge in [-0.1, -0.05) is 22.9 Å². The Hall–Kier alpha value is -3.02. The number of carbonyl (C=O) groups is 1. The number of rotatable bonds is 2. The minimum Gasteiger partial charge on any atom is -0.444 e. The molecule has 5 rings (SSSR count). The Kier molecular flexibility index (Phi) is 6.49. The molecule has 0 atom stereocenters. The summed E-state index contributed by atoms with van der Waals surface area (Å²) in [5.41, 5.74) is 5.67. The van der Waals surface area contributed by atoms with Gasteiger partial charge in [0.25, 0.3) is 0 Å². The van der Waals surface area contributed by atoms with Gasteiger partial charge in [-0.15, -0.1) is 0 Å². The Morgan fingerprint density at radius 2 is 1.78 bits per heavy atom. The maximum atomic E-state index is 16.0. The number of halogens is 4. The SMILES string of the molecule is CC(C)(C)OC(=O)N1CCN(c2nc(Cl)nc3c(F)c(-c4ccc(F)c5sc(N)nc45)c(Cl)cc23)CC1. The molecule has 2 aromatic carbocycles. The van der Waals surface area contributed by atoms with E-state index in [0.717, 1.165) is 11.3 Å². The van der Waals surface area contributed by atoms with Crippen LogP contribution in [-0.4, -0.2) is 57.7 Å². The summed E-state index contributed by atoms with van der Waals surface area (Å²) in [6.45, 7) is 7.02. The number of anilines is 2. The molecule has 1 amide bonds. The first-order valence-electron chi connectivity index (χ1n) is 11.4. The summed E-state index contributed by atoms with van der Waals surface area (Å²) in [6, 6.07) is 4.19. The van der Waals surface area contributed by atoms with Gasteiger partial charge in [0, 0.05) is 42.7 Å². The lowest BCUT2D eigenvalue weighted by molar-refractivity contribution is 0.0240. The number of ether oxygens (including phenoxy) is 1. The maximum absolute atomic E-state index is 16.0. The standard InChI is InChI=1S/C24H22Cl2F2N6O2S/c1-24(2,3)36-23(35)34-8-6-33(7-9-34)20-12-10-13(25)15(16(28)17(12)30-21(26)32-20)11-4-5-14(27)19-18(11)31-22(29)37-19/h4-5,10H,6-9H2,1-3H3,(H2,29,31). The molecule has 1 saturated heterocycles. The second kappa shape index (κ2) is 9.38. The van der Waals surface area contributed by atoms with E-state index in [4.69, 9.17) is 33.7 Å². The van der Waals surface area contributed by atoms with Crippen LogP contribution in [-0.2, 0) is 4.74 Å². The Balaban J connectivity index is 1.54. The van der Waals surface area contributed by atoms with Gasteiger partial charge >= 0.3 is 6.09 Å². The van der Waals surface area contributed by atoms with Gasteiger partial charge in [-0.05, 0) is 50.6 Å². The van der Waals surface area contributed by atoms with E-state index in [9.17, 15) is 9.18 Å². The van der Waals surface area contributed by atoms with E-state index in [-0.39, 0.29) is 42.3 Å². The van der Waals surface area contributed by atoms with Crippen LogP contribution in [0.1, 0.15) is 20.8 Å². The molecule has 13 heteroatoms. The first-order chi connectivity index (χ1) is 17.4. The molecule has 0 spiro atoms. The molecule has 1 aliphatic heterocycles. The number of nitrogens with zero attached hydrogens (tertiary/aromatic N) is 5. The van der Waals surface area contributed by atoms with Crippen LogP contribution in [0, 0.1) is 11.6 Å². The number of fused-ring (bicyclic) bond motifs is 2. The first kappa shape index (κ1) is 25.6. The van der Waals surface area contributed by atoms with Crippen LogP contribution in [0.4, 0.5) is 24.5 Å². The minimum absolute atomic E-state index is 0.0138. The van der Waals surface area contributed by atoms with Gasteiger partial charge in [0.05, 0.1) is 15.2 Å². The molecule has 1 aliphatic rings. The first-order valence-corrected chi connectivity index (χ1v) is 12.9. The number of benzene rings is 2. The fourth-order valence-corrected chi connectivity index (χ4v) is 5.48. The lowest BCUT2D eigenvalue weighted by Crippen LogP contribution is -2.50. The van der Waals surface area contributed by atoms with Gasteiger partial charge in [0.15, 0.2) is 10.9 Å². The van der Waals surface area contributed by atoms with Crippen molar-refractivity contribution in [3.63, 3.8) is 0 Å². The zero-order chi connectivity index (χ0) is 26.6. The van der Waals surface area contributed by atoms with Gasteiger partial charge in [0.2, 0.25) is 5.28 Å². The second-order valence-corrected chi connectivity index (χ2v) is 11.3. The van der Waals surface area contributed by atoms with E-state index in [2.05, 4.69) is 15.0 Å². The number of amides is 1. The largest absolute Gasteiger partial charge is 0.444 e. The van der Waals surface area contributed by atoms with Crippen molar-refractivity contribution in [3.8, 4) is 11.1 Å². The van der Waals surface area contributed by atoms with E-state index in [1.165, 1.54) is 12.1 Å². The Bertz CT molecular complexity index is 1550. The fourth-order valence-electron chi connectivity index (χ4n) is 4.26. The van der Waals surface area contributed by atoms with E-state index < -0.39 is 23.3 Å². The van der Waals surface area contributed by atoms with E-state index in [0.29, 0.717) is 37.4 Å². The zero-order valence-corrected chi connectivity index (χ0v) is 22.4. The summed E-state index contributed by atoms with van der Waals surface area (Å²) in [5, 5.41) is 0.435. The summed E-state index contributed by atoms with van der Waals surface area (Å²) < 4.78 is 36.0. The molecule has 0 aliphatic carbocycles. The number of thiazole rings is 1. The number of hydrogen-bond acceptors (Lipinski definition) is 8. The van der Waals surface area contributed by atoms with Gasteiger partial charge in [-0.3, -0.25) is 0 Å². The van der Waals surface area contributed by atoms with Gasteiger partial charge in [-0.25, -0.2) is 23.5 Å². The quantitative estimate of drug-likeness (QED) is 0.291. The molecular weight excluding hydrogens is 545 g/mol. The van der Waals surface area contributed by atoms with Crippen LogP contribution in [0.3, 0.4) is 0 Å². The topological polar surface area (TPSA) is 97.5 Å². The molecule has 0 saturated carbocycles. The van der Waals surface area contributed by atoms with Crippen molar-refractivity contribution >= 4 is 72.7 Å². The average Bonchev–Trinajstić information content (AvgIpc) is 3.22. The summed E-state index contributed by atoms with van der Waals surface area (Å²) in [4.78, 5) is 28.6. The van der Waals surface area contributed by atoms with Crippen molar-refractivity contribution < 1.29 is 18.3 Å². The van der Waals surface area contributed by atoms with Gasteiger partial charge < -0.3 is 20.3 Å². The average molecular weight is 567 g/mol. The van der Waals surface area contributed by atoms with Crippen LogP contribution in [0.5, 0.6) is 0 Å². The molecule has 4 aromatic rings. The zero-order valence-electron chi connectivity index (χ0n) is 20.1. The fraction of sp³-hybridized carbons (Fsp3) is 0.333. The summed E-state index contributed by atoms with van der Waals surface area (Å²) in [6.07, 6.45) is -0.398. The molecule has 8 nitrogen and oxygen atoms in total. The van der Waals surface area contributed by atoms with Crippen molar-refractivity contribution in [2.24, 2.45) is 0 Å². The number of aromatic nitrogens is 3. The van der Waals surface area contributed by atoms with Crippen LogP contribution in [0.25, 0.3) is 32.2 Å². The molecule has 37 heavy (non-hydrogen) atoms. The molecule has 0 radical (unpaired) electrons. The Morgan fingerprint density at radius 1 is 1.08 bits per heavy atom. The van der Waals surface area contributed by atoms with Crippen molar-refractivity contribution in [2.45, 2.75) is 26.4 Å². The highest BCUT2D eigenvalue weighted by molar-refractivity contribution is 7.22. The van der Waals surface area contributed by atoms with Crippen LogP contribution >= 0.6 is 34.5 Å². The number of nitrogens with two attached hydrogens (primary N) is 1.